The highest BCUT2D eigenvalue weighted by Gasteiger charge is 2.27. The van der Waals surface area contributed by atoms with E-state index in [1.165, 1.54) is 0 Å². The van der Waals surface area contributed by atoms with Crippen molar-refractivity contribution in [2.45, 2.75) is 51.0 Å². The molecule has 0 spiro atoms. The van der Waals surface area contributed by atoms with Crippen molar-refractivity contribution in [1.29, 1.82) is 0 Å². The number of amides is 1. The molecule has 2 aliphatic heterocycles. The average molecular weight is 468 g/mol. The smallest absolute Gasteiger partial charge is 0.269 e. The van der Waals surface area contributed by atoms with Gasteiger partial charge in [0.1, 0.15) is 17.3 Å². The van der Waals surface area contributed by atoms with Crippen LogP contribution in [0, 0.1) is 0 Å². The number of pyridine rings is 1. The second-order valence-corrected chi connectivity index (χ2v) is 9.52. The fraction of sp³-hybridized carbons (Fsp3) is 0.600. The topological polar surface area (TPSA) is 97.5 Å². The fourth-order valence-electron chi connectivity index (χ4n) is 5.14. The Hall–Kier alpha value is -2.94. The maximum absolute atomic E-state index is 12.7. The maximum atomic E-state index is 12.7. The van der Waals surface area contributed by atoms with E-state index >= 15 is 0 Å². The summed E-state index contributed by atoms with van der Waals surface area (Å²) >= 11 is 0. The third-order valence-electron chi connectivity index (χ3n) is 7.34. The number of nitrogens with zero attached hydrogens (tertiary/aromatic N) is 5. The Labute approximate surface area is 201 Å². The number of carbonyl (C=O) groups excluding carboxylic acids is 1. The highest BCUT2D eigenvalue weighted by Crippen LogP contribution is 2.26. The summed E-state index contributed by atoms with van der Waals surface area (Å²) in [5.74, 6) is 1.69. The minimum Gasteiger partial charge on any atom is -0.370 e. The lowest BCUT2D eigenvalue weighted by Gasteiger charge is -2.38. The van der Waals surface area contributed by atoms with Crippen LogP contribution in [-0.4, -0.2) is 79.1 Å². The Morgan fingerprint density at radius 2 is 2.06 bits per heavy atom. The monoisotopic (exact) mass is 467 g/mol. The van der Waals surface area contributed by atoms with Gasteiger partial charge in [0.25, 0.3) is 11.5 Å². The second kappa shape index (κ2) is 10.5. The molecule has 0 aliphatic carbocycles. The lowest BCUT2D eigenvalue weighted by atomic mass is 9.99. The van der Waals surface area contributed by atoms with Crippen LogP contribution in [0.1, 0.15) is 60.4 Å². The molecule has 2 N–H and O–H groups in total. The van der Waals surface area contributed by atoms with Gasteiger partial charge in [0.15, 0.2) is 0 Å². The molecule has 1 saturated heterocycles. The normalized spacial score (nSPS) is 17.6. The van der Waals surface area contributed by atoms with Gasteiger partial charge in [0.05, 0.1) is 17.4 Å². The van der Waals surface area contributed by atoms with Gasteiger partial charge in [-0.2, -0.15) is 0 Å². The number of carbonyl (C=O) groups is 1. The van der Waals surface area contributed by atoms with Gasteiger partial charge in [-0.15, -0.1) is 0 Å². The minimum atomic E-state index is -0.168. The van der Waals surface area contributed by atoms with E-state index in [9.17, 15) is 9.59 Å². The Bertz CT molecular complexity index is 1040. The van der Waals surface area contributed by atoms with Gasteiger partial charge >= 0.3 is 0 Å². The van der Waals surface area contributed by atoms with Crippen LogP contribution in [0.4, 0.5) is 11.5 Å². The number of piperidine rings is 1. The van der Waals surface area contributed by atoms with Crippen LogP contribution < -0.4 is 20.7 Å². The number of hydrogen-bond acceptors (Lipinski definition) is 7. The van der Waals surface area contributed by atoms with Crippen molar-refractivity contribution in [2.75, 3.05) is 57.1 Å². The number of rotatable bonds is 7. The van der Waals surface area contributed by atoms with Gasteiger partial charge in [-0.05, 0) is 51.3 Å². The van der Waals surface area contributed by atoms with Crippen molar-refractivity contribution in [2.24, 2.45) is 0 Å². The predicted molar refractivity (Wildman–Crippen MR) is 135 cm³/mol. The van der Waals surface area contributed by atoms with E-state index in [0.717, 1.165) is 81.2 Å². The summed E-state index contributed by atoms with van der Waals surface area (Å²) in [5, 5.41) is 2.60. The van der Waals surface area contributed by atoms with Crippen molar-refractivity contribution < 1.29 is 4.79 Å². The molecular formula is C25H37N7O2. The summed E-state index contributed by atoms with van der Waals surface area (Å²) in [6.45, 7) is 5.88. The molecule has 2 aromatic heterocycles. The molecule has 4 heterocycles. The summed E-state index contributed by atoms with van der Waals surface area (Å²) in [4.78, 5) is 43.6. The van der Waals surface area contributed by atoms with Gasteiger partial charge in [-0.25, -0.2) is 9.97 Å². The zero-order chi connectivity index (χ0) is 24.2. The van der Waals surface area contributed by atoms with Crippen LogP contribution in [-0.2, 0) is 6.42 Å². The van der Waals surface area contributed by atoms with Crippen LogP contribution >= 0.6 is 0 Å². The molecule has 0 aromatic carbocycles. The molecule has 9 nitrogen and oxygen atoms in total. The van der Waals surface area contributed by atoms with Crippen molar-refractivity contribution >= 4 is 17.4 Å². The molecule has 2 aliphatic rings. The van der Waals surface area contributed by atoms with E-state index in [1.807, 2.05) is 13.1 Å². The molecule has 0 radical (unpaired) electrons. The standard InChI is InChI=1S/C25H37N7O2/c1-5-17(22-28-23-20(24(33)29-22)7-6-12-30(23)3)16-31(4)18-10-13-32(14-11-18)19-8-9-21(27-15-19)25(34)26-2/h8-9,15,17-18H,5-7,10-14,16H2,1-4H3,(H,26,34)(H,28,29,33). The highest BCUT2D eigenvalue weighted by molar-refractivity contribution is 5.92. The summed E-state index contributed by atoms with van der Waals surface area (Å²) in [5.41, 5.74) is 2.34. The first-order chi connectivity index (χ1) is 16.4. The third-order valence-corrected chi connectivity index (χ3v) is 7.34. The Kier molecular flexibility index (Phi) is 7.50. The van der Waals surface area contributed by atoms with Crippen LogP contribution in [0.25, 0.3) is 0 Å². The molecule has 9 heteroatoms. The van der Waals surface area contributed by atoms with Crippen molar-refractivity contribution in [3.63, 3.8) is 0 Å². The maximum Gasteiger partial charge on any atom is 0.269 e. The second-order valence-electron chi connectivity index (χ2n) is 9.52. The molecule has 1 fully saturated rings. The Morgan fingerprint density at radius 3 is 2.71 bits per heavy atom. The first-order valence-electron chi connectivity index (χ1n) is 12.4. The molecular weight excluding hydrogens is 430 g/mol. The first kappa shape index (κ1) is 24.2. The quantitative estimate of drug-likeness (QED) is 0.643. The number of fused-ring (bicyclic) bond motifs is 1. The van der Waals surface area contributed by atoms with E-state index in [-0.39, 0.29) is 17.4 Å². The Balaban J connectivity index is 1.37. The van der Waals surface area contributed by atoms with Crippen LogP contribution in [0.2, 0.25) is 0 Å². The molecule has 4 rings (SSSR count). The van der Waals surface area contributed by atoms with Crippen molar-refractivity contribution in [3.05, 3.63) is 45.8 Å². The van der Waals surface area contributed by atoms with Gasteiger partial charge in [0.2, 0.25) is 0 Å². The number of aromatic nitrogens is 3. The zero-order valence-corrected chi connectivity index (χ0v) is 20.8. The van der Waals surface area contributed by atoms with Crippen molar-refractivity contribution in [3.8, 4) is 0 Å². The van der Waals surface area contributed by atoms with E-state index in [4.69, 9.17) is 4.98 Å². The van der Waals surface area contributed by atoms with Crippen molar-refractivity contribution in [1.82, 2.24) is 25.2 Å². The average Bonchev–Trinajstić information content (AvgIpc) is 2.87. The number of nitrogens with one attached hydrogen (secondary N) is 2. The number of anilines is 2. The molecule has 1 amide bonds. The summed E-state index contributed by atoms with van der Waals surface area (Å²) in [6, 6.07) is 4.24. The number of likely N-dealkylation sites (N-methyl/N-ethyl adjacent to an activating group) is 1. The van der Waals surface area contributed by atoms with Crippen LogP contribution in [0.15, 0.2) is 23.1 Å². The molecule has 1 unspecified atom stereocenters. The summed E-state index contributed by atoms with van der Waals surface area (Å²) in [7, 11) is 5.82. The van der Waals surface area contributed by atoms with Gasteiger partial charge in [0, 0.05) is 52.2 Å². The largest absolute Gasteiger partial charge is 0.370 e. The lowest BCUT2D eigenvalue weighted by Crippen LogP contribution is -2.45. The number of H-pyrrole nitrogens is 1. The summed E-state index contributed by atoms with van der Waals surface area (Å²) in [6.07, 6.45) is 6.64. The fourth-order valence-corrected chi connectivity index (χ4v) is 5.14. The van der Waals surface area contributed by atoms with Crippen LogP contribution in [0.5, 0.6) is 0 Å². The van der Waals surface area contributed by atoms with E-state index in [2.05, 4.69) is 44.0 Å². The molecule has 0 bridgehead atoms. The molecule has 2 aromatic rings. The summed E-state index contributed by atoms with van der Waals surface area (Å²) < 4.78 is 0. The molecule has 0 saturated carbocycles. The number of aromatic amines is 1. The molecule has 184 valence electrons. The minimum absolute atomic E-state index is 0.0250. The highest BCUT2D eigenvalue weighted by atomic mass is 16.1. The van der Waals surface area contributed by atoms with Gasteiger partial charge < -0.3 is 25.0 Å². The Morgan fingerprint density at radius 1 is 1.29 bits per heavy atom. The number of hydrogen-bond donors (Lipinski definition) is 2. The zero-order valence-electron chi connectivity index (χ0n) is 20.8. The lowest BCUT2D eigenvalue weighted by molar-refractivity contribution is 0.0958. The third kappa shape index (κ3) is 5.09. The predicted octanol–water partition coefficient (Wildman–Crippen LogP) is 2.00. The van der Waals surface area contributed by atoms with Gasteiger partial charge in [-0.1, -0.05) is 6.92 Å². The van der Waals surface area contributed by atoms with E-state index < -0.39 is 0 Å². The van der Waals surface area contributed by atoms with E-state index in [0.29, 0.717) is 11.7 Å². The first-order valence-corrected chi connectivity index (χ1v) is 12.4. The molecule has 1 atom stereocenters. The SMILES string of the molecule is CCC(CN(C)C1CCN(c2ccc(C(=O)NC)nc2)CC1)c1nc2c(c(=O)[nH]1)CCCN2C. The van der Waals surface area contributed by atoms with E-state index in [1.54, 1.807) is 19.3 Å². The van der Waals surface area contributed by atoms with Crippen LogP contribution in [0.3, 0.4) is 0 Å². The van der Waals surface area contributed by atoms with Gasteiger partial charge in [-0.3, -0.25) is 9.59 Å². The molecule has 34 heavy (non-hydrogen) atoms.